The summed E-state index contributed by atoms with van der Waals surface area (Å²) in [5, 5.41) is 17.5. The van der Waals surface area contributed by atoms with E-state index in [1.54, 1.807) is 39.0 Å². The summed E-state index contributed by atoms with van der Waals surface area (Å²) >= 11 is 0. The Kier molecular flexibility index (Phi) is 6.97. The van der Waals surface area contributed by atoms with Gasteiger partial charge in [-0.05, 0) is 64.7 Å². The van der Waals surface area contributed by atoms with Crippen molar-refractivity contribution in [3.8, 4) is 0 Å². The molecule has 0 unspecified atom stereocenters. The zero-order valence-corrected chi connectivity index (χ0v) is 23.3. The summed E-state index contributed by atoms with van der Waals surface area (Å²) in [6.45, 7) is 8.81. The fourth-order valence-corrected chi connectivity index (χ4v) is 7.13. The van der Waals surface area contributed by atoms with Crippen LogP contribution in [0.5, 0.6) is 0 Å². The van der Waals surface area contributed by atoms with Gasteiger partial charge in [0.05, 0.1) is 21.4 Å². The first kappa shape index (κ1) is 27.2. The van der Waals surface area contributed by atoms with Gasteiger partial charge in [-0.25, -0.2) is 30.5 Å². The number of fused-ring (bicyclic) bond motifs is 1. The van der Waals surface area contributed by atoms with Crippen LogP contribution in [0, 0.1) is 29.6 Å². The lowest BCUT2D eigenvalue weighted by Gasteiger charge is -2.23. The topological polar surface area (TPSA) is 151 Å². The molecule has 0 spiro atoms. The highest BCUT2D eigenvalue weighted by Crippen LogP contribution is 2.36. The summed E-state index contributed by atoms with van der Waals surface area (Å²) in [6, 6.07) is 7.75. The number of nitrogens with zero attached hydrogens (tertiary/aromatic N) is 3. The highest BCUT2D eigenvalue weighted by molar-refractivity contribution is 7.90. The molecule has 3 N–H and O–H groups in total. The first-order valence-electron chi connectivity index (χ1n) is 12.2. The van der Waals surface area contributed by atoms with Crippen LogP contribution in [0.25, 0.3) is 11.2 Å². The van der Waals surface area contributed by atoms with Gasteiger partial charge >= 0.3 is 0 Å². The first-order chi connectivity index (χ1) is 17.2. The second kappa shape index (κ2) is 9.48. The number of aromatic nitrogens is 3. The second-order valence-electron chi connectivity index (χ2n) is 10.7. The van der Waals surface area contributed by atoms with E-state index in [4.69, 9.17) is 10.8 Å². The number of sulfonamides is 1. The van der Waals surface area contributed by atoms with Gasteiger partial charge in [-0.3, -0.25) is 15.4 Å². The number of aryl methyl sites for hydroxylation is 1. The van der Waals surface area contributed by atoms with Gasteiger partial charge in [0.1, 0.15) is 11.3 Å². The Morgan fingerprint density at radius 1 is 1.11 bits per heavy atom. The molecule has 0 aliphatic heterocycles. The van der Waals surface area contributed by atoms with Gasteiger partial charge in [-0.2, -0.15) is 0 Å². The van der Waals surface area contributed by atoms with Crippen molar-refractivity contribution in [3.05, 3.63) is 53.8 Å². The maximum absolute atomic E-state index is 13.3. The zero-order chi connectivity index (χ0) is 27.3. The Hall–Kier alpha value is -2.83. The number of benzene rings is 1. The second-order valence-corrected chi connectivity index (χ2v) is 15.0. The maximum Gasteiger partial charge on any atom is 0.269 e. The molecular formula is C25H34N6O4S2. The smallest absolute Gasteiger partial charge is 0.269 e. The van der Waals surface area contributed by atoms with Crippen molar-refractivity contribution in [2.75, 3.05) is 0 Å². The molecule has 4 rings (SSSR count). The third-order valence-electron chi connectivity index (χ3n) is 7.11. The van der Waals surface area contributed by atoms with Crippen LogP contribution in [0.4, 0.5) is 0 Å². The summed E-state index contributed by atoms with van der Waals surface area (Å²) in [5.74, 6) is -0.143. The molecule has 200 valence electrons. The van der Waals surface area contributed by atoms with Crippen LogP contribution >= 0.6 is 0 Å². The van der Waals surface area contributed by atoms with E-state index >= 15 is 0 Å². The standard InChI is InChI=1S/C25H34N6O4S2/c1-6-17-13-18(29-37(34,35)25(3,4)5)14-20(17)23(27)31-21-11-12-30(24(21)28-15-22(31)26)36(32,33)19-9-7-16(2)8-10-19/h7-12,15,17-18,20,26-27,29H,6,13-14H2,1-5H3/t17-,18+,20+/m1/s1. The molecule has 3 atom stereocenters. The largest absolute Gasteiger partial charge is 0.288 e. The Bertz CT molecular complexity index is 1610. The fourth-order valence-electron chi connectivity index (χ4n) is 4.85. The minimum atomic E-state index is -3.94. The minimum Gasteiger partial charge on any atom is -0.288 e. The van der Waals surface area contributed by atoms with E-state index in [0.29, 0.717) is 18.4 Å². The van der Waals surface area contributed by atoms with E-state index in [9.17, 15) is 16.8 Å². The molecule has 0 radical (unpaired) electrons. The Morgan fingerprint density at radius 2 is 1.76 bits per heavy atom. The minimum absolute atomic E-state index is 0.0358. The number of hydrogen-bond donors (Lipinski definition) is 3. The highest BCUT2D eigenvalue weighted by Gasteiger charge is 2.40. The normalized spacial score (nSPS) is 20.9. The summed E-state index contributed by atoms with van der Waals surface area (Å²) in [5.41, 5.74) is 1.35. The summed E-state index contributed by atoms with van der Waals surface area (Å²) < 4.78 is 56.5. The van der Waals surface area contributed by atoms with Crippen molar-refractivity contribution >= 4 is 37.0 Å². The molecule has 3 aromatic rings. The van der Waals surface area contributed by atoms with Crippen LogP contribution in [-0.2, 0) is 20.0 Å². The predicted molar refractivity (Wildman–Crippen MR) is 143 cm³/mol. The van der Waals surface area contributed by atoms with Crippen molar-refractivity contribution in [2.24, 2.45) is 11.8 Å². The lowest BCUT2D eigenvalue weighted by atomic mass is 9.92. The van der Waals surface area contributed by atoms with Crippen molar-refractivity contribution in [3.63, 3.8) is 0 Å². The average molecular weight is 547 g/mol. The Balaban J connectivity index is 1.72. The summed E-state index contributed by atoms with van der Waals surface area (Å²) in [6.07, 6.45) is 4.39. The molecule has 12 heteroatoms. The number of nitrogens with one attached hydrogen (secondary N) is 3. The van der Waals surface area contributed by atoms with Crippen molar-refractivity contribution in [1.82, 2.24) is 18.2 Å². The molecule has 2 aromatic heterocycles. The predicted octanol–water partition coefficient (Wildman–Crippen LogP) is 3.21. The van der Waals surface area contributed by atoms with E-state index in [2.05, 4.69) is 9.71 Å². The zero-order valence-electron chi connectivity index (χ0n) is 21.7. The maximum atomic E-state index is 13.3. The summed E-state index contributed by atoms with van der Waals surface area (Å²) in [7, 11) is -7.50. The van der Waals surface area contributed by atoms with Crippen LogP contribution in [-0.4, -0.2) is 47.0 Å². The van der Waals surface area contributed by atoms with Gasteiger partial charge in [0.25, 0.3) is 10.0 Å². The van der Waals surface area contributed by atoms with E-state index in [1.165, 1.54) is 29.1 Å². The highest BCUT2D eigenvalue weighted by atomic mass is 32.2. The average Bonchev–Trinajstić information content (AvgIpc) is 3.42. The van der Waals surface area contributed by atoms with Gasteiger partial charge in [0, 0.05) is 18.2 Å². The first-order valence-corrected chi connectivity index (χ1v) is 15.2. The molecule has 0 saturated heterocycles. The van der Waals surface area contributed by atoms with E-state index in [1.807, 2.05) is 13.8 Å². The van der Waals surface area contributed by atoms with Gasteiger partial charge in [-0.15, -0.1) is 0 Å². The molecule has 2 heterocycles. The molecule has 1 aliphatic carbocycles. The number of rotatable bonds is 6. The van der Waals surface area contributed by atoms with Crippen LogP contribution in [0.2, 0.25) is 0 Å². The molecular weight excluding hydrogens is 512 g/mol. The van der Waals surface area contributed by atoms with Gasteiger partial charge in [0.15, 0.2) is 5.65 Å². The third kappa shape index (κ3) is 4.89. The molecule has 1 fully saturated rings. The molecule has 10 nitrogen and oxygen atoms in total. The van der Waals surface area contributed by atoms with Crippen molar-refractivity contribution in [1.29, 1.82) is 10.8 Å². The molecule has 0 bridgehead atoms. The van der Waals surface area contributed by atoms with Crippen LogP contribution in [0.15, 0.2) is 47.6 Å². The quantitative estimate of drug-likeness (QED) is 0.320. The van der Waals surface area contributed by atoms with Crippen LogP contribution < -0.4 is 10.2 Å². The van der Waals surface area contributed by atoms with Gasteiger partial charge < -0.3 is 0 Å². The molecule has 0 amide bonds. The number of hydrogen-bond acceptors (Lipinski definition) is 7. The Labute approximate surface area is 217 Å². The molecule has 1 saturated carbocycles. The molecule has 1 aromatic carbocycles. The van der Waals surface area contributed by atoms with Gasteiger partial charge in [0.2, 0.25) is 10.0 Å². The van der Waals surface area contributed by atoms with Crippen LogP contribution in [0.1, 0.15) is 52.5 Å². The third-order valence-corrected chi connectivity index (χ3v) is 11.1. The SMILES string of the molecule is CC[C@@H]1C[C@H](NS(=O)(=O)C(C)(C)C)C[C@@H]1C(=N)n1c(=N)cnc2c1ccn2S(=O)(=O)c1ccc(C)cc1. The Morgan fingerprint density at radius 3 is 2.35 bits per heavy atom. The molecule has 37 heavy (non-hydrogen) atoms. The van der Waals surface area contributed by atoms with Gasteiger partial charge in [-0.1, -0.05) is 31.0 Å². The fraction of sp³-hybridized carbons (Fsp3) is 0.480. The van der Waals surface area contributed by atoms with Crippen molar-refractivity contribution in [2.45, 2.75) is 69.6 Å². The molecule has 1 aliphatic rings. The van der Waals surface area contributed by atoms with E-state index in [0.717, 1.165) is 16.0 Å². The lowest BCUT2D eigenvalue weighted by molar-refractivity contribution is 0.453. The van der Waals surface area contributed by atoms with Crippen LogP contribution in [0.3, 0.4) is 0 Å². The lowest BCUT2D eigenvalue weighted by Crippen LogP contribution is -2.44. The summed E-state index contributed by atoms with van der Waals surface area (Å²) in [4.78, 5) is 4.35. The van der Waals surface area contributed by atoms with Crippen molar-refractivity contribution < 1.29 is 16.8 Å². The monoisotopic (exact) mass is 546 g/mol. The van der Waals surface area contributed by atoms with E-state index in [-0.39, 0.29) is 39.7 Å². The van der Waals surface area contributed by atoms with E-state index < -0.39 is 24.8 Å².